The zero-order valence-corrected chi connectivity index (χ0v) is 6.67. The highest BCUT2D eigenvalue weighted by molar-refractivity contribution is 5.79. The van der Waals surface area contributed by atoms with E-state index in [1.54, 1.807) is 0 Å². The molecule has 1 unspecified atom stereocenters. The van der Waals surface area contributed by atoms with Gasteiger partial charge in [-0.25, -0.2) is 0 Å². The lowest BCUT2D eigenvalue weighted by Gasteiger charge is -2.22. The van der Waals surface area contributed by atoms with Gasteiger partial charge in [-0.3, -0.25) is 4.79 Å². The Morgan fingerprint density at radius 1 is 1.67 bits per heavy atom. The maximum absolute atomic E-state index is 12.0. The normalized spacial score (nSPS) is 23.7. The van der Waals surface area contributed by atoms with Gasteiger partial charge in [-0.15, -0.1) is 0 Å². The van der Waals surface area contributed by atoms with Gasteiger partial charge in [0.2, 0.25) is 0 Å². The van der Waals surface area contributed by atoms with E-state index in [1.165, 1.54) is 4.90 Å². The molecule has 3 nitrogen and oxygen atoms in total. The molecule has 0 aromatic heterocycles. The second-order valence-electron chi connectivity index (χ2n) is 2.86. The number of carbonyl (C=O) groups excluding carboxylic acids is 1. The molecule has 0 aromatic carbocycles. The van der Waals surface area contributed by atoms with Crippen LogP contribution in [-0.4, -0.2) is 36.4 Å². The first-order chi connectivity index (χ1) is 5.66. The maximum atomic E-state index is 12.0. The molecular formula is C7H12F2N2O. The van der Waals surface area contributed by atoms with Crippen molar-refractivity contribution >= 4 is 5.91 Å². The van der Waals surface area contributed by atoms with Crippen molar-refractivity contribution in [3.63, 3.8) is 0 Å². The van der Waals surface area contributed by atoms with Crippen LogP contribution in [0.3, 0.4) is 0 Å². The molecule has 1 heterocycles. The summed E-state index contributed by atoms with van der Waals surface area (Å²) in [5, 5.41) is 0. The van der Waals surface area contributed by atoms with Gasteiger partial charge in [0.25, 0.3) is 5.91 Å². The van der Waals surface area contributed by atoms with Gasteiger partial charge in [-0.2, -0.15) is 8.78 Å². The smallest absolute Gasteiger partial charge is 0.315 e. The first-order valence-corrected chi connectivity index (χ1v) is 3.95. The van der Waals surface area contributed by atoms with Crippen LogP contribution >= 0.6 is 0 Å². The first kappa shape index (κ1) is 9.38. The van der Waals surface area contributed by atoms with Crippen molar-refractivity contribution in [1.82, 2.24) is 4.90 Å². The first-order valence-electron chi connectivity index (χ1n) is 3.95. The summed E-state index contributed by atoms with van der Waals surface area (Å²) >= 11 is 0. The summed E-state index contributed by atoms with van der Waals surface area (Å²) in [5.74, 6) is -1.08. The summed E-state index contributed by atoms with van der Waals surface area (Å²) in [5.41, 5.74) is 5.32. The van der Waals surface area contributed by atoms with Crippen LogP contribution in [-0.2, 0) is 4.79 Å². The molecule has 0 radical (unpaired) electrons. The van der Waals surface area contributed by atoms with E-state index < -0.39 is 12.3 Å². The van der Waals surface area contributed by atoms with Gasteiger partial charge >= 0.3 is 6.43 Å². The molecule has 1 aliphatic rings. The Hall–Kier alpha value is -0.710. The number of amides is 1. The van der Waals surface area contributed by atoms with Crippen molar-refractivity contribution < 1.29 is 13.6 Å². The van der Waals surface area contributed by atoms with Gasteiger partial charge in [-0.1, -0.05) is 0 Å². The zero-order chi connectivity index (χ0) is 9.14. The van der Waals surface area contributed by atoms with E-state index in [4.69, 9.17) is 5.73 Å². The highest BCUT2D eigenvalue weighted by atomic mass is 19.3. The monoisotopic (exact) mass is 178 g/mol. The molecule has 5 heteroatoms. The third-order valence-electron chi connectivity index (χ3n) is 2.12. The topological polar surface area (TPSA) is 46.3 Å². The molecule has 0 saturated carbocycles. The molecule has 2 N–H and O–H groups in total. The van der Waals surface area contributed by atoms with Crippen LogP contribution in [0.4, 0.5) is 8.78 Å². The molecule has 1 rings (SSSR count). The number of hydrogen-bond acceptors (Lipinski definition) is 2. The fourth-order valence-corrected chi connectivity index (χ4v) is 1.50. The Balaban J connectivity index is 2.55. The van der Waals surface area contributed by atoms with Crippen molar-refractivity contribution in [3.05, 3.63) is 0 Å². The lowest BCUT2D eigenvalue weighted by Crippen LogP contribution is -2.42. The number of carbonyl (C=O) groups is 1. The van der Waals surface area contributed by atoms with E-state index in [0.29, 0.717) is 6.54 Å². The van der Waals surface area contributed by atoms with Gasteiger partial charge < -0.3 is 10.6 Å². The molecule has 1 amide bonds. The fourth-order valence-electron chi connectivity index (χ4n) is 1.50. The van der Waals surface area contributed by atoms with Gasteiger partial charge in [0.05, 0.1) is 0 Å². The Labute approximate surface area is 69.5 Å². The predicted molar refractivity (Wildman–Crippen MR) is 39.8 cm³/mol. The van der Waals surface area contributed by atoms with E-state index in [9.17, 15) is 13.6 Å². The number of alkyl halides is 2. The van der Waals surface area contributed by atoms with Crippen LogP contribution in [0, 0.1) is 0 Å². The van der Waals surface area contributed by atoms with Gasteiger partial charge in [0.15, 0.2) is 0 Å². The Kier molecular flexibility index (Phi) is 2.97. The predicted octanol–water partition coefficient (Wildman–Crippen LogP) is 0.201. The van der Waals surface area contributed by atoms with E-state index in [1.807, 2.05) is 0 Å². The average molecular weight is 178 g/mol. The summed E-state index contributed by atoms with van der Waals surface area (Å²) in [6.07, 6.45) is -1.37. The SMILES string of the molecule is NCC1CCCN1C(=O)C(F)F. The fraction of sp³-hybridized carbons (Fsp3) is 0.857. The molecule has 0 aromatic rings. The number of halogens is 2. The third-order valence-corrected chi connectivity index (χ3v) is 2.12. The summed E-state index contributed by atoms with van der Waals surface area (Å²) in [7, 11) is 0. The molecule has 0 aliphatic carbocycles. The standard InChI is InChI=1S/C7H12F2N2O/c8-6(9)7(12)11-3-1-2-5(11)4-10/h5-6H,1-4,10H2. The van der Waals surface area contributed by atoms with Crippen LogP contribution in [0.2, 0.25) is 0 Å². The Morgan fingerprint density at radius 3 is 2.83 bits per heavy atom. The zero-order valence-electron chi connectivity index (χ0n) is 6.67. The van der Waals surface area contributed by atoms with E-state index in [-0.39, 0.29) is 12.6 Å². The molecule has 12 heavy (non-hydrogen) atoms. The van der Waals surface area contributed by atoms with Crippen LogP contribution < -0.4 is 5.73 Å². The van der Waals surface area contributed by atoms with Crippen molar-refractivity contribution in [2.75, 3.05) is 13.1 Å². The minimum atomic E-state index is -2.89. The number of likely N-dealkylation sites (tertiary alicyclic amines) is 1. The number of nitrogens with two attached hydrogens (primary N) is 1. The number of hydrogen-bond donors (Lipinski definition) is 1. The molecule has 70 valence electrons. The van der Waals surface area contributed by atoms with Crippen molar-refractivity contribution in [1.29, 1.82) is 0 Å². The largest absolute Gasteiger partial charge is 0.333 e. The molecule has 1 aliphatic heterocycles. The third kappa shape index (κ3) is 1.72. The summed E-state index contributed by atoms with van der Waals surface area (Å²) in [4.78, 5) is 12.0. The molecule has 0 spiro atoms. The highest BCUT2D eigenvalue weighted by Crippen LogP contribution is 2.18. The van der Waals surface area contributed by atoms with E-state index >= 15 is 0 Å². The van der Waals surface area contributed by atoms with Crippen LogP contribution in [0.5, 0.6) is 0 Å². The van der Waals surface area contributed by atoms with Crippen molar-refractivity contribution in [3.8, 4) is 0 Å². The van der Waals surface area contributed by atoms with Gasteiger partial charge in [-0.05, 0) is 12.8 Å². The van der Waals surface area contributed by atoms with Crippen LogP contribution in [0.15, 0.2) is 0 Å². The number of nitrogens with zero attached hydrogens (tertiary/aromatic N) is 1. The second kappa shape index (κ2) is 3.80. The molecular weight excluding hydrogens is 166 g/mol. The summed E-state index contributed by atoms with van der Waals surface area (Å²) in [6, 6.07) is -0.175. The Morgan fingerprint density at radius 2 is 2.33 bits per heavy atom. The summed E-state index contributed by atoms with van der Waals surface area (Å²) in [6.45, 7) is 0.698. The van der Waals surface area contributed by atoms with Gasteiger partial charge in [0.1, 0.15) is 0 Å². The van der Waals surface area contributed by atoms with Crippen molar-refractivity contribution in [2.24, 2.45) is 5.73 Å². The van der Waals surface area contributed by atoms with Gasteiger partial charge in [0, 0.05) is 19.1 Å². The lowest BCUT2D eigenvalue weighted by molar-refractivity contribution is -0.143. The minimum absolute atomic E-state index is 0.175. The molecule has 1 fully saturated rings. The van der Waals surface area contributed by atoms with Crippen molar-refractivity contribution in [2.45, 2.75) is 25.3 Å². The highest BCUT2D eigenvalue weighted by Gasteiger charge is 2.32. The minimum Gasteiger partial charge on any atom is -0.333 e. The quantitative estimate of drug-likeness (QED) is 0.656. The number of rotatable bonds is 2. The van der Waals surface area contributed by atoms with E-state index in [0.717, 1.165) is 12.8 Å². The van der Waals surface area contributed by atoms with Crippen LogP contribution in [0.1, 0.15) is 12.8 Å². The molecule has 0 bridgehead atoms. The Bertz CT molecular complexity index is 175. The van der Waals surface area contributed by atoms with Crippen LogP contribution in [0.25, 0.3) is 0 Å². The average Bonchev–Trinajstić information content (AvgIpc) is 2.49. The molecule has 1 atom stereocenters. The lowest BCUT2D eigenvalue weighted by atomic mass is 10.2. The second-order valence-corrected chi connectivity index (χ2v) is 2.86. The van der Waals surface area contributed by atoms with E-state index in [2.05, 4.69) is 0 Å². The maximum Gasteiger partial charge on any atom is 0.315 e. The molecule has 1 saturated heterocycles. The summed E-state index contributed by atoms with van der Waals surface area (Å²) < 4.78 is 23.9.